The number of amides is 2. The zero-order valence-electron chi connectivity index (χ0n) is 15.4. The zero-order chi connectivity index (χ0) is 20.5. The smallest absolute Gasteiger partial charge is 0.269 e. The van der Waals surface area contributed by atoms with Crippen LogP contribution in [0.4, 0.5) is 0 Å². The van der Waals surface area contributed by atoms with Gasteiger partial charge in [0.2, 0.25) is 0 Å². The molecule has 2 amide bonds. The van der Waals surface area contributed by atoms with Gasteiger partial charge in [-0.25, -0.2) is 0 Å². The number of thiocarbonyl (C=S) groups is 1. The van der Waals surface area contributed by atoms with E-state index in [0.29, 0.717) is 29.2 Å². The molecule has 0 aliphatic heterocycles. The van der Waals surface area contributed by atoms with Crippen LogP contribution in [0.25, 0.3) is 0 Å². The van der Waals surface area contributed by atoms with Crippen molar-refractivity contribution in [2.75, 3.05) is 13.7 Å². The Morgan fingerprint density at radius 3 is 2.50 bits per heavy atom. The lowest BCUT2D eigenvalue weighted by molar-refractivity contribution is 0.0933. The minimum Gasteiger partial charge on any atom is -0.496 e. The Kier molecular flexibility index (Phi) is 8.45. The van der Waals surface area contributed by atoms with Crippen molar-refractivity contribution < 1.29 is 19.1 Å². The quantitative estimate of drug-likeness (QED) is 0.313. The van der Waals surface area contributed by atoms with Crippen LogP contribution in [0.5, 0.6) is 11.5 Å². The third-order valence-electron chi connectivity index (χ3n) is 3.52. The molecule has 0 atom stereocenters. The highest BCUT2D eigenvalue weighted by molar-refractivity contribution is 14.1. The molecule has 148 valence electrons. The molecule has 0 bridgehead atoms. The average molecular weight is 513 g/mol. The van der Waals surface area contributed by atoms with Crippen LogP contribution in [0.2, 0.25) is 0 Å². The van der Waals surface area contributed by atoms with Crippen molar-refractivity contribution in [2.24, 2.45) is 0 Å². The number of carbonyl (C=O) groups excluding carboxylic acids is 2. The van der Waals surface area contributed by atoms with Gasteiger partial charge < -0.3 is 9.47 Å². The van der Waals surface area contributed by atoms with Crippen LogP contribution < -0.4 is 25.6 Å². The topological polar surface area (TPSA) is 88.7 Å². The maximum absolute atomic E-state index is 12.4. The summed E-state index contributed by atoms with van der Waals surface area (Å²) >= 11 is 7.15. The second kappa shape index (κ2) is 10.8. The predicted octanol–water partition coefficient (Wildman–Crippen LogP) is 3.04. The molecular formula is C19H20IN3O4S. The van der Waals surface area contributed by atoms with E-state index in [1.165, 1.54) is 0 Å². The zero-order valence-corrected chi connectivity index (χ0v) is 18.3. The summed E-state index contributed by atoms with van der Waals surface area (Å²) in [5.41, 5.74) is 5.75. The Labute approximate surface area is 182 Å². The van der Waals surface area contributed by atoms with Crippen LogP contribution in [0, 0.1) is 3.57 Å². The van der Waals surface area contributed by atoms with E-state index >= 15 is 0 Å². The summed E-state index contributed by atoms with van der Waals surface area (Å²) in [6.45, 7) is 2.48. The van der Waals surface area contributed by atoms with E-state index in [-0.39, 0.29) is 5.11 Å². The van der Waals surface area contributed by atoms with Crippen molar-refractivity contribution in [3.63, 3.8) is 0 Å². The number of methoxy groups -OCH3 is 1. The van der Waals surface area contributed by atoms with E-state index in [0.717, 1.165) is 9.99 Å². The first-order chi connectivity index (χ1) is 13.5. The summed E-state index contributed by atoms with van der Waals surface area (Å²) in [4.78, 5) is 24.6. The van der Waals surface area contributed by atoms with Gasteiger partial charge in [-0.3, -0.25) is 25.8 Å². The van der Waals surface area contributed by atoms with Crippen LogP contribution >= 0.6 is 34.8 Å². The minimum atomic E-state index is -0.433. The van der Waals surface area contributed by atoms with E-state index in [1.807, 2.05) is 6.92 Å². The number of halogens is 1. The Balaban J connectivity index is 1.93. The van der Waals surface area contributed by atoms with Gasteiger partial charge in [-0.2, -0.15) is 0 Å². The van der Waals surface area contributed by atoms with Gasteiger partial charge in [0.1, 0.15) is 11.5 Å². The first-order valence-corrected chi connectivity index (χ1v) is 9.92. The Hall–Kier alpha value is -2.40. The molecule has 2 rings (SSSR count). The Morgan fingerprint density at radius 2 is 1.82 bits per heavy atom. The molecule has 0 spiro atoms. The predicted molar refractivity (Wildman–Crippen MR) is 119 cm³/mol. The third kappa shape index (κ3) is 6.06. The van der Waals surface area contributed by atoms with Crippen LogP contribution in [-0.4, -0.2) is 30.6 Å². The summed E-state index contributed by atoms with van der Waals surface area (Å²) < 4.78 is 11.5. The van der Waals surface area contributed by atoms with E-state index in [4.69, 9.17) is 21.7 Å². The molecule has 0 heterocycles. The van der Waals surface area contributed by atoms with Gasteiger partial charge in [-0.15, -0.1) is 0 Å². The molecule has 0 aliphatic carbocycles. The first-order valence-electron chi connectivity index (χ1n) is 8.43. The van der Waals surface area contributed by atoms with Crippen molar-refractivity contribution in [3.8, 4) is 11.5 Å². The van der Waals surface area contributed by atoms with Crippen molar-refractivity contribution >= 4 is 51.7 Å². The van der Waals surface area contributed by atoms with Gasteiger partial charge in [0.25, 0.3) is 11.8 Å². The second-order valence-electron chi connectivity index (χ2n) is 5.56. The fraction of sp³-hybridized carbons (Fsp3) is 0.211. The fourth-order valence-electron chi connectivity index (χ4n) is 2.19. The average Bonchev–Trinajstić information content (AvgIpc) is 2.70. The molecule has 0 saturated carbocycles. The summed E-state index contributed by atoms with van der Waals surface area (Å²) in [6.07, 6.45) is 0.826. The van der Waals surface area contributed by atoms with Crippen molar-refractivity contribution in [1.82, 2.24) is 16.2 Å². The summed E-state index contributed by atoms with van der Waals surface area (Å²) in [5, 5.41) is 2.48. The number of nitrogens with one attached hydrogen (secondary N) is 3. The minimum absolute atomic E-state index is 0.0353. The van der Waals surface area contributed by atoms with Crippen molar-refractivity contribution in [2.45, 2.75) is 13.3 Å². The molecule has 0 saturated heterocycles. The van der Waals surface area contributed by atoms with Crippen LogP contribution in [0.15, 0.2) is 42.5 Å². The largest absolute Gasteiger partial charge is 0.496 e. The lowest BCUT2D eigenvalue weighted by Gasteiger charge is -2.13. The molecule has 28 heavy (non-hydrogen) atoms. The van der Waals surface area contributed by atoms with E-state index in [2.05, 4.69) is 38.8 Å². The van der Waals surface area contributed by atoms with Gasteiger partial charge in [0, 0.05) is 5.56 Å². The number of carbonyl (C=O) groups is 2. The lowest BCUT2D eigenvalue weighted by atomic mass is 10.2. The van der Waals surface area contributed by atoms with Gasteiger partial charge in [-0.1, -0.05) is 19.1 Å². The molecule has 2 aromatic rings. The number of hydrogen-bond acceptors (Lipinski definition) is 5. The fourth-order valence-corrected chi connectivity index (χ4v) is 3.07. The molecule has 7 nitrogen and oxygen atoms in total. The highest BCUT2D eigenvalue weighted by atomic mass is 127. The maximum Gasteiger partial charge on any atom is 0.269 e. The molecule has 3 N–H and O–H groups in total. The van der Waals surface area contributed by atoms with Gasteiger partial charge >= 0.3 is 0 Å². The normalized spacial score (nSPS) is 9.96. The number of hydrogen-bond donors (Lipinski definition) is 3. The van der Waals surface area contributed by atoms with Crippen molar-refractivity contribution in [3.05, 3.63) is 57.2 Å². The highest BCUT2D eigenvalue weighted by Crippen LogP contribution is 2.21. The standard InChI is InChI=1S/C19H20IN3O4S/c1-3-10-27-15-7-5-4-6-13(15)18(25)21-19(28)23-22-17(24)12-8-9-16(26-2)14(20)11-12/h4-9,11H,3,10H2,1-2H3,(H,22,24)(H2,21,23,25,28). The van der Waals surface area contributed by atoms with Gasteiger partial charge in [0.05, 0.1) is 22.9 Å². The molecule has 0 fully saturated rings. The highest BCUT2D eigenvalue weighted by Gasteiger charge is 2.14. The number of ether oxygens (including phenoxy) is 2. The summed E-state index contributed by atoms with van der Waals surface area (Å²) in [7, 11) is 1.56. The lowest BCUT2D eigenvalue weighted by Crippen LogP contribution is -2.48. The second-order valence-corrected chi connectivity index (χ2v) is 7.13. The van der Waals surface area contributed by atoms with Gasteiger partial charge in [-0.05, 0) is 71.6 Å². The van der Waals surface area contributed by atoms with Crippen LogP contribution in [-0.2, 0) is 0 Å². The van der Waals surface area contributed by atoms with E-state index in [9.17, 15) is 9.59 Å². The first kappa shape index (κ1) is 21.9. The third-order valence-corrected chi connectivity index (χ3v) is 4.57. The van der Waals surface area contributed by atoms with Gasteiger partial charge in [0.15, 0.2) is 5.11 Å². The number of hydrazine groups is 1. The summed E-state index contributed by atoms with van der Waals surface area (Å²) in [5.74, 6) is 0.319. The molecule has 9 heteroatoms. The maximum atomic E-state index is 12.4. The number of benzene rings is 2. The Morgan fingerprint density at radius 1 is 1.07 bits per heavy atom. The molecule has 0 aromatic heterocycles. The van der Waals surface area contributed by atoms with Crippen LogP contribution in [0.3, 0.4) is 0 Å². The van der Waals surface area contributed by atoms with Crippen LogP contribution in [0.1, 0.15) is 34.1 Å². The SMILES string of the molecule is CCCOc1ccccc1C(=O)NC(=S)NNC(=O)c1ccc(OC)c(I)c1. The molecular weight excluding hydrogens is 493 g/mol. The monoisotopic (exact) mass is 513 g/mol. The van der Waals surface area contributed by atoms with Crippen molar-refractivity contribution in [1.29, 1.82) is 0 Å². The van der Waals surface area contributed by atoms with E-state index < -0.39 is 11.8 Å². The molecule has 0 aliphatic rings. The summed E-state index contributed by atoms with van der Waals surface area (Å²) in [6, 6.07) is 11.9. The molecule has 2 aromatic carbocycles. The number of para-hydroxylation sites is 1. The Bertz CT molecular complexity index is 876. The molecule has 0 unspecified atom stereocenters. The van der Waals surface area contributed by atoms with E-state index in [1.54, 1.807) is 49.6 Å². The number of rotatable bonds is 6. The molecule has 0 radical (unpaired) electrons.